The standard InChI is InChI=1S/C34H49NO9/c1-8-35-16-31(17-39-3)22(37)14-23(41-5)34-20-15-32(38)12-13-33(44-18(2)36,26(30(34)35)28(43-7)29(31)34)25(20)24(32)19-10-9-11-21(40-4)27(19)42-6/h9-11,20,22-26,28-30,37-38H,8,12-17H2,1-7H3/t20-,22-,23+,24-,25-,26+,28+,29-,30-,31+,32-,33-,34+/m1/s1. The molecule has 0 aromatic heterocycles. The van der Waals surface area contributed by atoms with E-state index in [1.807, 2.05) is 18.2 Å². The monoisotopic (exact) mass is 615 g/mol. The van der Waals surface area contributed by atoms with Crippen LogP contribution in [0.3, 0.4) is 0 Å². The lowest BCUT2D eigenvalue weighted by Crippen LogP contribution is -2.78. The summed E-state index contributed by atoms with van der Waals surface area (Å²) < 4.78 is 37.5. The number of nitrogens with zero attached hydrogens (tertiary/aromatic N) is 1. The summed E-state index contributed by atoms with van der Waals surface area (Å²) in [6, 6.07) is 5.81. The summed E-state index contributed by atoms with van der Waals surface area (Å²) in [5.41, 5.74) is -2.21. The number of methoxy groups -OCH3 is 5. The Hall–Kier alpha value is -1.95. The summed E-state index contributed by atoms with van der Waals surface area (Å²) in [6.07, 6.45) is 0.740. The molecule has 6 fully saturated rings. The third-order valence-corrected chi connectivity index (χ3v) is 13.4. The number of hydrogen-bond acceptors (Lipinski definition) is 10. The predicted octanol–water partition coefficient (Wildman–Crippen LogP) is 2.63. The average molecular weight is 616 g/mol. The minimum atomic E-state index is -1.07. The number of para-hydroxylation sites is 1. The molecule has 10 heteroatoms. The van der Waals surface area contributed by atoms with Crippen LogP contribution in [0.4, 0.5) is 0 Å². The maximum atomic E-state index is 13.2. The van der Waals surface area contributed by atoms with Gasteiger partial charge in [-0.25, -0.2) is 0 Å². The Morgan fingerprint density at radius 2 is 1.84 bits per heavy atom. The van der Waals surface area contributed by atoms with E-state index in [-0.39, 0.29) is 53.8 Å². The summed E-state index contributed by atoms with van der Waals surface area (Å²) in [7, 11) is 8.47. The Balaban J connectivity index is 1.55. The molecule has 5 saturated carbocycles. The van der Waals surface area contributed by atoms with E-state index >= 15 is 0 Å². The minimum Gasteiger partial charge on any atom is -0.493 e. The molecule has 1 heterocycles. The van der Waals surface area contributed by atoms with Gasteiger partial charge in [-0.1, -0.05) is 19.1 Å². The van der Waals surface area contributed by atoms with Gasteiger partial charge in [0.05, 0.1) is 44.7 Å². The number of carbonyl (C=O) groups excluding carboxylic acids is 1. The van der Waals surface area contributed by atoms with E-state index in [9.17, 15) is 15.0 Å². The van der Waals surface area contributed by atoms with Crippen molar-refractivity contribution >= 4 is 5.97 Å². The fourth-order valence-corrected chi connectivity index (χ4v) is 12.7. The van der Waals surface area contributed by atoms with Crippen LogP contribution in [0.1, 0.15) is 51.0 Å². The molecular formula is C34H49NO9. The molecule has 2 N–H and O–H groups in total. The quantitative estimate of drug-likeness (QED) is 0.402. The van der Waals surface area contributed by atoms with Crippen LogP contribution in [0, 0.1) is 34.5 Å². The predicted molar refractivity (Wildman–Crippen MR) is 160 cm³/mol. The lowest BCUT2D eigenvalue weighted by Gasteiger charge is -2.70. The van der Waals surface area contributed by atoms with E-state index in [1.165, 1.54) is 6.92 Å². The Kier molecular flexibility index (Phi) is 7.17. The van der Waals surface area contributed by atoms with E-state index in [0.717, 1.165) is 12.1 Å². The normalized spacial score (nSPS) is 48.2. The maximum absolute atomic E-state index is 13.2. The van der Waals surface area contributed by atoms with Gasteiger partial charge in [0.1, 0.15) is 5.60 Å². The second-order valence-electron chi connectivity index (χ2n) is 14.4. The van der Waals surface area contributed by atoms with Gasteiger partial charge in [-0.15, -0.1) is 0 Å². The van der Waals surface area contributed by atoms with Crippen molar-refractivity contribution in [1.29, 1.82) is 0 Å². The number of benzene rings is 1. The molecule has 7 rings (SSSR count). The zero-order valence-corrected chi connectivity index (χ0v) is 27.1. The Labute approximate surface area is 260 Å². The zero-order valence-electron chi connectivity index (χ0n) is 27.1. The van der Waals surface area contributed by atoms with Gasteiger partial charge in [-0.2, -0.15) is 0 Å². The topological polar surface area (TPSA) is 116 Å². The number of esters is 1. The molecule has 0 unspecified atom stereocenters. The summed E-state index contributed by atoms with van der Waals surface area (Å²) >= 11 is 0. The summed E-state index contributed by atoms with van der Waals surface area (Å²) in [6.45, 7) is 5.45. The van der Waals surface area contributed by atoms with Crippen molar-refractivity contribution in [3.8, 4) is 11.5 Å². The van der Waals surface area contributed by atoms with Crippen LogP contribution in [0.5, 0.6) is 11.5 Å². The fourth-order valence-electron chi connectivity index (χ4n) is 12.7. The van der Waals surface area contributed by atoms with E-state index < -0.39 is 28.1 Å². The summed E-state index contributed by atoms with van der Waals surface area (Å²) in [5.74, 6) is -0.170. The number of fused-ring (bicyclic) bond motifs is 2. The molecule has 13 atom stereocenters. The van der Waals surface area contributed by atoms with E-state index in [2.05, 4.69) is 11.8 Å². The average Bonchev–Trinajstić information content (AvgIpc) is 3.39. The number of rotatable bonds is 9. The third-order valence-electron chi connectivity index (χ3n) is 13.4. The number of piperidine rings is 1. The second kappa shape index (κ2) is 10.3. The van der Waals surface area contributed by atoms with Gasteiger partial charge in [0.2, 0.25) is 0 Å². The third kappa shape index (κ3) is 3.40. The van der Waals surface area contributed by atoms with Crippen molar-refractivity contribution in [2.24, 2.45) is 34.5 Å². The molecule has 244 valence electrons. The van der Waals surface area contributed by atoms with Crippen LogP contribution in [0.15, 0.2) is 18.2 Å². The molecule has 1 saturated heterocycles. The van der Waals surface area contributed by atoms with Gasteiger partial charge in [0.15, 0.2) is 11.5 Å². The highest BCUT2D eigenvalue weighted by molar-refractivity contribution is 5.67. The minimum absolute atomic E-state index is 0.0289. The first-order valence-corrected chi connectivity index (χ1v) is 16.2. The van der Waals surface area contributed by atoms with Crippen LogP contribution in [-0.4, -0.2) is 112 Å². The largest absolute Gasteiger partial charge is 0.493 e. The number of aliphatic hydroxyl groups excluding tert-OH is 1. The van der Waals surface area contributed by atoms with Gasteiger partial charge in [0, 0.05) is 87.3 Å². The molecule has 1 aliphatic heterocycles. The lowest BCUT2D eigenvalue weighted by molar-refractivity contribution is -0.291. The second-order valence-corrected chi connectivity index (χ2v) is 14.4. The van der Waals surface area contributed by atoms with Gasteiger partial charge in [-0.05, 0) is 37.8 Å². The molecule has 10 nitrogen and oxygen atoms in total. The highest BCUT2D eigenvalue weighted by Gasteiger charge is 2.89. The molecule has 0 amide bonds. The number of aliphatic hydroxyl groups is 2. The first-order valence-electron chi connectivity index (χ1n) is 16.2. The molecule has 44 heavy (non-hydrogen) atoms. The van der Waals surface area contributed by atoms with Crippen LogP contribution < -0.4 is 9.47 Å². The van der Waals surface area contributed by atoms with Crippen LogP contribution >= 0.6 is 0 Å². The first-order chi connectivity index (χ1) is 21.1. The lowest BCUT2D eigenvalue weighted by atomic mass is 9.42. The van der Waals surface area contributed by atoms with Crippen LogP contribution in [0.25, 0.3) is 0 Å². The van der Waals surface area contributed by atoms with E-state index in [4.69, 9.17) is 28.4 Å². The molecule has 1 aromatic rings. The van der Waals surface area contributed by atoms with E-state index in [1.54, 1.807) is 35.5 Å². The van der Waals surface area contributed by atoms with Gasteiger partial charge < -0.3 is 38.6 Å². The van der Waals surface area contributed by atoms with Crippen molar-refractivity contribution in [3.63, 3.8) is 0 Å². The van der Waals surface area contributed by atoms with Crippen LogP contribution in [-0.2, 0) is 23.7 Å². The molecule has 1 spiro atoms. The van der Waals surface area contributed by atoms with Gasteiger partial charge in [0.25, 0.3) is 0 Å². The smallest absolute Gasteiger partial charge is 0.303 e. The molecular weight excluding hydrogens is 566 g/mol. The van der Waals surface area contributed by atoms with Crippen molar-refractivity contribution in [1.82, 2.24) is 4.90 Å². The van der Waals surface area contributed by atoms with Gasteiger partial charge >= 0.3 is 5.97 Å². The Bertz CT molecular complexity index is 1310. The van der Waals surface area contributed by atoms with Crippen molar-refractivity contribution in [2.75, 3.05) is 55.2 Å². The van der Waals surface area contributed by atoms with Gasteiger partial charge in [-0.3, -0.25) is 9.69 Å². The van der Waals surface area contributed by atoms with Crippen molar-refractivity contribution < 1.29 is 43.4 Å². The van der Waals surface area contributed by atoms with E-state index in [0.29, 0.717) is 50.3 Å². The fraction of sp³-hybridized carbons (Fsp3) is 0.794. The molecule has 0 radical (unpaired) electrons. The van der Waals surface area contributed by atoms with Crippen molar-refractivity contribution in [2.45, 2.75) is 81.0 Å². The maximum Gasteiger partial charge on any atom is 0.303 e. The highest BCUT2D eigenvalue weighted by Crippen LogP contribution is 2.82. The first kappa shape index (κ1) is 30.7. The summed E-state index contributed by atoms with van der Waals surface area (Å²) in [5, 5.41) is 24.9. The number of carbonyl (C=O) groups is 1. The molecule has 6 aliphatic rings. The zero-order chi connectivity index (χ0) is 31.4. The molecule has 5 aliphatic carbocycles. The number of hydrogen-bond donors (Lipinski definition) is 2. The Morgan fingerprint density at radius 3 is 2.45 bits per heavy atom. The number of ether oxygens (including phenoxy) is 6. The Morgan fingerprint density at radius 1 is 1.07 bits per heavy atom. The molecule has 1 aromatic carbocycles. The highest BCUT2D eigenvalue weighted by atomic mass is 16.6. The van der Waals surface area contributed by atoms with Crippen LogP contribution in [0.2, 0.25) is 0 Å². The molecule has 7 bridgehead atoms. The number of likely N-dealkylation sites (tertiary alicyclic amines) is 1. The summed E-state index contributed by atoms with van der Waals surface area (Å²) in [4.78, 5) is 15.7. The SMILES string of the molecule is CCN1C[C@]2(COC)[C@H](O)C[C@H](OC)[C@@]34[C@@H]5C[C@]6(O)CC[C@@](OC(C)=O)([C@H]5[C@H]6c5cccc(OC)c5OC)[C@@H]([C@H](OC)[C@H]23)[C@@H]14. The van der Waals surface area contributed by atoms with Crippen molar-refractivity contribution in [3.05, 3.63) is 23.8 Å².